The molecule has 0 bridgehead atoms. The van der Waals surface area contributed by atoms with Gasteiger partial charge in [-0.25, -0.2) is 4.39 Å². The average molecular weight is 148 g/mol. The van der Waals surface area contributed by atoms with Crippen molar-refractivity contribution in [2.75, 3.05) is 0 Å². The van der Waals surface area contributed by atoms with Gasteiger partial charge in [0.25, 0.3) is 0 Å². The summed E-state index contributed by atoms with van der Waals surface area (Å²) < 4.78 is 33.5. The van der Waals surface area contributed by atoms with Crippen LogP contribution < -0.4 is 0 Å². The van der Waals surface area contributed by atoms with Gasteiger partial charge < -0.3 is 0 Å². The Hall–Kier alpha value is -0.0000000000000000555. The molecule has 0 aromatic rings. The Balaban J connectivity index is 3.71. The Morgan fingerprint density at radius 3 is 2.00 bits per heavy atom. The lowest BCUT2D eigenvalue weighted by Gasteiger charge is -2.06. The predicted octanol–water partition coefficient (Wildman–Crippen LogP) is 1.64. The zero-order chi connectivity index (χ0) is 6.78. The molecule has 0 heterocycles. The molecule has 0 aliphatic heterocycles. The molecule has 0 unspecified atom stereocenters. The van der Waals surface area contributed by atoms with Crippen molar-refractivity contribution in [2.24, 2.45) is 0 Å². The van der Waals surface area contributed by atoms with Gasteiger partial charge in [0.2, 0.25) is 0 Å². The first-order valence-corrected chi connectivity index (χ1v) is 1.75. The van der Waals surface area contributed by atoms with Crippen molar-refractivity contribution in [3.05, 3.63) is 5.63 Å². The molecule has 0 aromatic heterocycles. The molecule has 48 valence electrons. The molecule has 0 aliphatic rings. The van der Waals surface area contributed by atoms with E-state index < -0.39 is 11.7 Å². The molecule has 0 saturated heterocycles. The molecule has 0 atom stereocenters. The number of halogens is 4. The minimum absolute atomic E-state index is 2.07. The fourth-order valence-corrected chi connectivity index (χ4v) is 0.0630. The lowest BCUT2D eigenvalue weighted by Crippen LogP contribution is -2.21. The molecule has 0 spiro atoms. The van der Waals surface area contributed by atoms with Gasteiger partial charge in [-0.1, -0.05) is 11.6 Å². The summed E-state index contributed by atoms with van der Waals surface area (Å²) in [5.41, 5.74) is -2.37. The molecule has 6 heteroatoms. The zero-order valence-corrected chi connectivity index (χ0v) is 4.08. The first-order chi connectivity index (χ1) is 3.50. The van der Waals surface area contributed by atoms with E-state index in [9.17, 15) is 13.2 Å². The molecule has 0 aromatic carbocycles. The van der Waals surface area contributed by atoms with Crippen molar-refractivity contribution in [1.29, 1.82) is 0 Å². The quantitative estimate of drug-likeness (QED) is 0.432. The molecule has 0 rings (SSSR count). The monoisotopic (exact) mass is 148 g/mol. The SMILES string of the molecule is [O]OC(F)(F)[C](F)Cl. The van der Waals surface area contributed by atoms with Crippen LogP contribution >= 0.6 is 11.6 Å². The van der Waals surface area contributed by atoms with Gasteiger partial charge in [-0.05, 0) is 5.26 Å². The molecule has 0 N–H and O–H groups in total. The van der Waals surface area contributed by atoms with Crippen molar-refractivity contribution >= 4 is 11.6 Å². The second-order valence-electron chi connectivity index (χ2n) is 0.861. The lowest BCUT2D eigenvalue weighted by molar-refractivity contribution is -0.445. The molecule has 2 radical (unpaired) electrons. The summed E-state index contributed by atoms with van der Waals surface area (Å²) in [4.78, 5) is 2.07. The summed E-state index contributed by atoms with van der Waals surface area (Å²) in [5, 5.41) is 8.80. The summed E-state index contributed by atoms with van der Waals surface area (Å²) in [6, 6.07) is 0. The number of rotatable bonds is 2. The van der Waals surface area contributed by atoms with E-state index in [-0.39, 0.29) is 0 Å². The number of hydrogen-bond donors (Lipinski definition) is 0. The fourth-order valence-electron chi connectivity index (χ4n) is 0.0315. The normalized spacial score (nSPS) is 12.8. The first-order valence-electron chi connectivity index (χ1n) is 1.38. The number of alkyl halides is 2. The van der Waals surface area contributed by atoms with Crippen LogP contribution in [0.15, 0.2) is 0 Å². The van der Waals surface area contributed by atoms with E-state index in [1.165, 1.54) is 0 Å². The van der Waals surface area contributed by atoms with E-state index in [1.54, 1.807) is 0 Å². The summed E-state index contributed by atoms with van der Waals surface area (Å²) >= 11 is 4.04. The zero-order valence-electron chi connectivity index (χ0n) is 3.33. The topological polar surface area (TPSA) is 29.1 Å². The van der Waals surface area contributed by atoms with Crippen molar-refractivity contribution in [1.82, 2.24) is 0 Å². The van der Waals surface area contributed by atoms with Crippen LogP contribution in [0.25, 0.3) is 0 Å². The Morgan fingerprint density at radius 1 is 1.62 bits per heavy atom. The maximum atomic E-state index is 11.2. The van der Waals surface area contributed by atoms with Crippen molar-refractivity contribution in [3.63, 3.8) is 0 Å². The highest BCUT2D eigenvalue weighted by atomic mass is 35.5. The van der Waals surface area contributed by atoms with Crippen LogP contribution in [-0.4, -0.2) is 6.11 Å². The molecular weight excluding hydrogens is 148 g/mol. The Bertz CT molecular complexity index is 75.7. The predicted molar refractivity (Wildman–Crippen MR) is 16.9 cm³/mol. The maximum absolute atomic E-state index is 11.2. The van der Waals surface area contributed by atoms with Crippen LogP contribution in [0.5, 0.6) is 0 Å². The van der Waals surface area contributed by atoms with Crippen molar-refractivity contribution in [2.45, 2.75) is 6.11 Å². The molecule has 0 saturated carbocycles. The van der Waals surface area contributed by atoms with Crippen molar-refractivity contribution < 1.29 is 23.3 Å². The Morgan fingerprint density at radius 2 is 2.00 bits per heavy atom. The van der Waals surface area contributed by atoms with E-state index in [0.717, 1.165) is 0 Å². The molecule has 2 nitrogen and oxygen atoms in total. The highest BCUT2D eigenvalue weighted by Gasteiger charge is 2.43. The third-order valence-corrected chi connectivity index (χ3v) is 0.545. The molecule has 0 fully saturated rings. The third-order valence-electron chi connectivity index (χ3n) is 0.325. The van der Waals surface area contributed by atoms with E-state index in [2.05, 4.69) is 16.5 Å². The minimum atomic E-state index is -4.50. The van der Waals surface area contributed by atoms with E-state index in [0.29, 0.717) is 0 Å². The van der Waals surface area contributed by atoms with E-state index >= 15 is 0 Å². The molecule has 0 aliphatic carbocycles. The standard InChI is InChI=1S/C2ClF3O2/c3-1(4)2(5,6)8-7. The fraction of sp³-hybridized carbons (Fsp3) is 0.500. The summed E-state index contributed by atoms with van der Waals surface area (Å²) in [5.74, 6) is 0. The van der Waals surface area contributed by atoms with Gasteiger partial charge >= 0.3 is 11.7 Å². The van der Waals surface area contributed by atoms with Crippen LogP contribution in [0.4, 0.5) is 13.2 Å². The Labute approximate surface area is 47.7 Å². The molecular formula is C2ClF3O2. The van der Waals surface area contributed by atoms with Gasteiger partial charge in [0, 0.05) is 0 Å². The second-order valence-corrected chi connectivity index (χ2v) is 1.19. The molecule has 8 heavy (non-hydrogen) atoms. The number of hydrogen-bond acceptors (Lipinski definition) is 1. The van der Waals surface area contributed by atoms with Crippen LogP contribution in [0.1, 0.15) is 0 Å². The largest absolute Gasteiger partial charge is 0.436 e. The van der Waals surface area contributed by atoms with Crippen molar-refractivity contribution in [3.8, 4) is 0 Å². The summed E-state index contributed by atoms with van der Waals surface area (Å²) in [7, 11) is 0. The highest BCUT2D eigenvalue weighted by Crippen LogP contribution is 2.31. The van der Waals surface area contributed by atoms with Gasteiger partial charge in [0.05, 0.1) is 0 Å². The van der Waals surface area contributed by atoms with Gasteiger partial charge in [-0.3, -0.25) is 0 Å². The van der Waals surface area contributed by atoms with Crippen LogP contribution in [0.2, 0.25) is 0 Å². The second kappa shape index (κ2) is 2.52. The average Bonchev–Trinajstić information content (AvgIpc) is 1.67. The van der Waals surface area contributed by atoms with E-state index in [1.807, 2.05) is 0 Å². The summed E-state index contributed by atoms with van der Waals surface area (Å²) in [6.45, 7) is 0. The first kappa shape index (κ1) is 8.00. The van der Waals surface area contributed by atoms with Gasteiger partial charge in [0.15, 0.2) is 0 Å². The molecule has 0 amide bonds. The van der Waals surface area contributed by atoms with Gasteiger partial charge in [-0.2, -0.15) is 8.78 Å². The Kier molecular flexibility index (Phi) is 2.52. The summed E-state index contributed by atoms with van der Waals surface area (Å²) in [6.07, 6.45) is -4.50. The maximum Gasteiger partial charge on any atom is 0.436 e. The van der Waals surface area contributed by atoms with Crippen LogP contribution in [0.3, 0.4) is 0 Å². The van der Waals surface area contributed by atoms with E-state index in [4.69, 9.17) is 5.26 Å². The van der Waals surface area contributed by atoms with Gasteiger partial charge in [0.1, 0.15) is 0 Å². The smallest absolute Gasteiger partial charge is 0.211 e. The third kappa shape index (κ3) is 1.85. The lowest BCUT2D eigenvalue weighted by atomic mass is 10.7. The highest BCUT2D eigenvalue weighted by molar-refractivity contribution is 6.26. The van der Waals surface area contributed by atoms with Crippen LogP contribution in [0, 0.1) is 5.63 Å². The van der Waals surface area contributed by atoms with Crippen LogP contribution in [-0.2, 0) is 10.1 Å². The van der Waals surface area contributed by atoms with Gasteiger partial charge in [-0.15, -0.1) is 4.89 Å². The minimum Gasteiger partial charge on any atom is -0.211 e.